The number of anilines is 2. The predicted molar refractivity (Wildman–Crippen MR) is 135 cm³/mol. The van der Waals surface area contributed by atoms with Crippen molar-refractivity contribution in [3.05, 3.63) is 74.0 Å². The summed E-state index contributed by atoms with van der Waals surface area (Å²) in [6, 6.07) is 13.8. The molecule has 3 aromatic rings. The molecule has 1 unspecified atom stereocenters. The summed E-state index contributed by atoms with van der Waals surface area (Å²) in [5.41, 5.74) is 15.4. The molecule has 2 aromatic carbocycles. The Kier molecular flexibility index (Phi) is 5.85. The van der Waals surface area contributed by atoms with Gasteiger partial charge in [0.05, 0.1) is 10.0 Å². The molecule has 4 N–H and O–H groups in total. The van der Waals surface area contributed by atoms with Crippen LogP contribution in [0.3, 0.4) is 0 Å². The van der Waals surface area contributed by atoms with Crippen LogP contribution < -0.4 is 21.9 Å². The number of hydrogen-bond acceptors (Lipinski definition) is 6. The summed E-state index contributed by atoms with van der Waals surface area (Å²) in [5.74, 6) is 0.775. The molecule has 1 aromatic heterocycles. The number of benzene rings is 2. The number of hydrogen-bond donors (Lipinski definition) is 2. The van der Waals surface area contributed by atoms with Crippen molar-refractivity contribution in [2.24, 2.45) is 18.2 Å². The molecular weight excluding hydrogens is 477 g/mol. The molecule has 172 valence electrons. The van der Waals surface area contributed by atoms with Gasteiger partial charge in [-0.05, 0) is 47.9 Å². The van der Waals surface area contributed by atoms with Gasteiger partial charge in [-0.3, -0.25) is 9.36 Å². The van der Waals surface area contributed by atoms with Crippen LogP contribution in [0.2, 0.25) is 10.0 Å². The van der Waals surface area contributed by atoms with Gasteiger partial charge >= 0.3 is 0 Å². The lowest BCUT2D eigenvalue weighted by Gasteiger charge is -2.42. The molecule has 1 saturated heterocycles. The first-order valence-corrected chi connectivity index (χ1v) is 12.4. The number of nitrogen functional groups attached to an aromatic ring is 1. The van der Waals surface area contributed by atoms with Crippen LogP contribution in [0.15, 0.2) is 57.1 Å². The molecule has 1 aliphatic carbocycles. The van der Waals surface area contributed by atoms with Crippen molar-refractivity contribution in [1.29, 1.82) is 0 Å². The third-order valence-electron chi connectivity index (χ3n) is 7.01. The minimum absolute atomic E-state index is 0.0407. The zero-order chi connectivity index (χ0) is 23.3. The van der Waals surface area contributed by atoms with E-state index in [0.29, 0.717) is 25.8 Å². The molecule has 0 amide bonds. The molecule has 1 aliphatic heterocycles. The highest BCUT2D eigenvalue weighted by Gasteiger charge is 2.46. The van der Waals surface area contributed by atoms with Gasteiger partial charge in [0.25, 0.3) is 5.56 Å². The fourth-order valence-electron chi connectivity index (χ4n) is 5.10. The number of nitrogens with two attached hydrogens (primary N) is 2. The summed E-state index contributed by atoms with van der Waals surface area (Å²) in [6.45, 7) is 1.54. The van der Waals surface area contributed by atoms with Crippen LogP contribution in [0.25, 0.3) is 0 Å². The Morgan fingerprint density at radius 1 is 1.12 bits per heavy atom. The molecular formula is C24H25Cl2N5OS. The molecule has 5 rings (SSSR count). The van der Waals surface area contributed by atoms with Gasteiger partial charge < -0.3 is 16.4 Å². The van der Waals surface area contributed by atoms with E-state index in [0.717, 1.165) is 32.4 Å². The predicted octanol–water partition coefficient (Wildman–Crippen LogP) is 4.66. The molecule has 0 saturated carbocycles. The van der Waals surface area contributed by atoms with Crippen molar-refractivity contribution in [3.63, 3.8) is 0 Å². The molecule has 2 heterocycles. The van der Waals surface area contributed by atoms with Crippen LogP contribution >= 0.6 is 35.0 Å². The number of halogens is 2. The van der Waals surface area contributed by atoms with Gasteiger partial charge in [0.1, 0.15) is 10.7 Å². The van der Waals surface area contributed by atoms with E-state index in [9.17, 15) is 4.79 Å². The van der Waals surface area contributed by atoms with Gasteiger partial charge in [-0.1, -0.05) is 65.3 Å². The molecule has 2 aliphatic rings. The summed E-state index contributed by atoms with van der Waals surface area (Å²) in [4.78, 5) is 21.0. The minimum Gasteiger partial charge on any atom is -0.382 e. The average molecular weight is 502 g/mol. The Morgan fingerprint density at radius 2 is 1.85 bits per heavy atom. The van der Waals surface area contributed by atoms with Gasteiger partial charge in [-0.15, -0.1) is 0 Å². The second-order valence-electron chi connectivity index (χ2n) is 8.85. The molecule has 0 bridgehead atoms. The minimum atomic E-state index is -0.205. The summed E-state index contributed by atoms with van der Waals surface area (Å²) in [6.07, 6.45) is 2.88. The van der Waals surface area contributed by atoms with Crippen molar-refractivity contribution >= 4 is 46.7 Å². The van der Waals surface area contributed by atoms with Gasteiger partial charge in [0.15, 0.2) is 0 Å². The molecule has 1 spiro atoms. The quantitative estimate of drug-likeness (QED) is 0.542. The third-order valence-corrected chi connectivity index (χ3v) is 9.09. The van der Waals surface area contributed by atoms with Crippen LogP contribution in [0, 0.1) is 5.41 Å². The van der Waals surface area contributed by atoms with E-state index in [2.05, 4.69) is 34.1 Å². The van der Waals surface area contributed by atoms with E-state index < -0.39 is 0 Å². The summed E-state index contributed by atoms with van der Waals surface area (Å²) < 4.78 is 1.57. The first-order valence-electron chi connectivity index (χ1n) is 10.9. The lowest BCUT2D eigenvalue weighted by molar-refractivity contribution is 0.186. The fourth-order valence-corrected chi connectivity index (χ4v) is 6.51. The number of piperidine rings is 1. The first kappa shape index (κ1) is 22.6. The lowest BCUT2D eigenvalue weighted by Crippen LogP contribution is -2.46. The second-order valence-corrected chi connectivity index (χ2v) is 10.7. The van der Waals surface area contributed by atoms with E-state index in [4.69, 9.17) is 34.7 Å². The van der Waals surface area contributed by atoms with Crippen LogP contribution in [0.5, 0.6) is 0 Å². The molecule has 0 radical (unpaired) electrons. The van der Waals surface area contributed by atoms with Crippen LogP contribution in [0.1, 0.15) is 30.0 Å². The summed E-state index contributed by atoms with van der Waals surface area (Å²) in [5, 5.41) is 0.820. The van der Waals surface area contributed by atoms with Gasteiger partial charge in [-0.2, -0.15) is 4.98 Å². The van der Waals surface area contributed by atoms with E-state index in [1.807, 2.05) is 0 Å². The number of aromatic nitrogens is 2. The first-order chi connectivity index (χ1) is 15.8. The zero-order valence-corrected chi connectivity index (χ0v) is 20.6. The highest BCUT2D eigenvalue weighted by atomic mass is 35.5. The maximum Gasteiger partial charge on any atom is 0.270 e. The maximum absolute atomic E-state index is 13.2. The average Bonchev–Trinajstić information content (AvgIpc) is 3.08. The van der Waals surface area contributed by atoms with E-state index >= 15 is 0 Å². The largest absolute Gasteiger partial charge is 0.382 e. The van der Waals surface area contributed by atoms with Gasteiger partial charge in [0, 0.05) is 31.1 Å². The number of fused-ring (bicyclic) bond motifs is 1. The van der Waals surface area contributed by atoms with Gasteiger partial charge in [-0.25, -0.2) is 0 Å². The SMILES string of the molecule is Cn1c(N2CCC3(CC2)Cc2ccccc2C3N)nc(N)c(Sc2cccc(Cl)c2Cl)c1=O. The summed E-state index contributed by atoms with van der Waals surface area (Å²) in [7, 11) is 1.73. The van der Waals surface area contributed by atoms with Crippen molar-refractivity contribution < 1.29 is 0 Å². The second kappa shape index (κ2) is 8.55. The smallest absolute Gasteiger partial charge is 0.270 e. The molecule has 1 fully saturated rings. The van der Waals surface area contributed by atoms with E-state index in [1.54, 1.807) is 29.8 Å². The standard InChI is InChI=1S/C24H25Cl2N5OS/c1-30-22(32)19(33-17-8-4-7-16(25)18(17)26)21(28)29-23(30)31-11-9-24(10-12-31)13-14-5-2-3-6-15(14)20(24)27/h2-8,20H,9-13,27-28H2,1H3. The molecule has 6 nitrogen and oxygen atoms in total. The highest BCUT2D eigenvalue weighted by Crippen LogP contribution is 2.51. The van der Waals surface area contributed by atoms with Crippen molar-refractivity contribution in [3.8, 4) is 0 Å². The van der Waals surface area contributed by atoms with Crippen LogP contribution in [-0.2, 0) is 13.5 Å². The lowest BCUT2D eigenvalue weighted by atomic mass is 9.73. The topological polar surface area (TPSA) is 90.2 Å². The molecule has 9 heteroatoms. The fraction of sp³-hybridized carbons (Fsp3) is 0.333. The zero-order valence-electron chi connectivity index (χ0n) is 18.2. The van der Waals surface area contributed by atoms with Crippen molar-refractivity contribution in [1.82, 2.24) is 9.55 Å². The van der Waals surface area contributed by atoms with Crippen LogP contribution in [0.4, 0.5) is 11.8 Å². The van der Waals surface area contributed by atoms with E-state index in [1.165, 1.54) is 22.9 Å². The maximum atomic E-state index is 13.2. The van der Waals surface area contributed by atoms with Crippen molar-refractivity contribution in [2.45, 2.75) is 35.1 Å². The molecule has 1 atom stereocenters. The number of nitrogens with zero attached hydrogens (tertiary/aromatic N) is 3. The summed E-state index contributed by atoms with van der Waals surface area (Å²) >= 11 is 13.6. The molecule has 33 heavy (non-hydrogen) atoms. The number of rotatable bonds is 3. The van der Waals surface area contributed by atoms with Crippen molar-refractivity contribution in [2.75, 3.05) is 23.7 Å². The van der Waals surface area contributed by atoms with Gasteiger partial charge in [0.2, 0.25) is 5.95 Å². The Morgan fingerprint density at radius 3 is 2.58 bits per heavy atom. The Hall–Kier alpha value is -2.19. The highest BCUT2D eigenvalue weighted by molar-refractivity contribution is 7.99. The Balaban J connectivity index is 1.38. The van der Waals surface area contributed by atoms with Crippen LogP contribution in [-0.4, -0.2) is 22.6 Å². The normalized spacial score (nSPS) is 19.2. The Bertz CT molecular complexity index is 1290. The third kappa shape index (κ3) is 3.81. The monoisotopic (exact) mass is 501 g/mol. The van der Waals surface area contributed by atoms with E-state index in [-0.39, 0.29) is 22.8 Å². The Labute approximate surface area is 206 Å².